The van der Waals surface area contributed by atoms with Crippen LogP contribution in [0.5, 0.6) is 5.75 Å². The van der Waals surface area contributed by atoms with Crippen molar-refractivity contribution < 1.29 is 19.4 Å². The van der Waals surface area contributed by atoms with Crippen molar-refractivity contribution in [3.63, 3.8) is 0 Å². The van der Waals surface area contributed by atoms with Gasteiger partial charge in [0.05, 0.1) is 36.4 Å². The average molecular weight is 725 g/mol. The van der Waals surface area contributed by atoms with Crippen LogP contribution in [0.2, 0.25) is 10.0 Å². The van der Waals surface area contributed by atoms with Gasteiger partial charge < -0.3 is 20.5 Å². The lowest BCUT2D eigenvalue weighted by molar-refractivity contribution is -0.145. The molecule has 3 rings (SSSR count). The van der Waals surface area contributed by atoms with E-state index in [1.807, 2.05) is 69.4 Å². The van der Waals surface area contributed by atoms with Gasteiger partial charge in [-0.2, -0.15) is 0 Å². The van der Waals surface area contributed by atoms with Gasteiger partial charge in [-0.25, -0.2) is 4.79 Å². The normalized spacial score (nSPS) is 11.6. The Balaban J connectivity index is 1.77. The number of nitrogens with one attached hydrogen (secondary N) is 2. The zero-order chi connectivity index (χ0) is 24.8. The zero-order valence-corrected chi connectivity index (χ0v) is 23.7. The number of anilines is 2. The highest BCUT2D eigenvalue weighted by Gasteiger charge is 2.23. The first kappa shape index (κ1) is 26.8. The number of hydrogen-bond acceptors (Lipinski definition) is 5. The molecule has 3 aromatic rings. The van der Waals surface area contributed by atoms with Crippen LogP contribution in [-0.4, -0.2) is 30.1 Å². The molecule has 0 aromatic heterocycles. The third-order valence-electron chi connectivity index (χ3n) is 4.93. The van der Waals surface area contributed by atoms with Crippen molar-refractivity contribution in [3.05, 3.63) is 82.9 Å². The summed E-state index contributed by atoms with van der Waals surface area (Å²) in [7, 11) is 1.28. The molecule has 0 aliphatic heterocycles. The molecule has 34 heavy (non-hydrogen) atoms. The van der Waals surface area contributed by atoms with Crippen molar-refractivity contribution in [2.75, 3.05) is 12.4 Å². The number of ether oxygens (including phenoxy) is 1. The molecular weight excluding hydrogens is 705 g/mol. The minimum atomic E-state index is -0.883. The van der Waals surface area contributed by atoms with Gasteiger partial charge >= 0.3 is 5.97 Å². The predicted octanol–water partition coefficient (Wildman–Crippen LogP) is 6.09. The van der Waals surface area contributed by atoms with Gasteiger partial charge in [0.15, 0.2) is 0 Å². The molecule has 0 aliphatic rings. The quantitative estimate of drug-likeness (QED) is 0.193. The summed E-state index contributed by atoms with van der Waals surface area (Å²) in [5.41, 5.74) is 2.71. The van der Waals surface area contributed by atoms with Gasteiger partial charge in [0.1, 0.15) is 11.8 Å². The summed E-state index contributed by atoms with van der Waals surface area (Å²) in [6.07, 6.45) is 0.239. The lowest BCUT2D eigenvalue weighted by Gasteiger charge is -2.18. The van der Waals surface area contributed by atoms with Gasteiger partial charge in [0.2, 0.25) is 5.91 Å². The van der Waals surface area contributed by atoms with Crippen LogP contribution in [0.1, 0.15) is 11.1 Å². The molecule has 0 bridgehead atoms. The summed E-state index contributed by atoms with van der Waals surface area (Å²) in [5, 5.41) is 16.9. The molecule has 0 aliphatic carbocycles. The van der Waals surface area contributed by atoms with Gasteiger partial charge in [0.25, 0.3) is 0 Å². The van der Waals surface area contributed by atoms with Crippen molar-refractivity contribution in [3.8, 4) is 5.75 Å². The molecular formula is C24H20Cl2I2N2O4. The van der Waals surface area contributed by atoms with Crippen molar-refractivity contribution >= 4 is 91.6 Å². The van der Waals surface area contributed by atoms with Gasteiger partial charge in [-0.3, -0.25) is 4.79 Å². The summed E-state index contributed by atoms with van der Waals surface area (Å²) < 4.78 is 6.22. The Hall–Kier alpha value is -1.76. The molecule has 10 heteroatoms. The first-order chi connectivity index (χ1) is 16.2. The molecule has 1 atom stereocenters. The molecule has 178 valence electrons. The third kappa shape index (κ3) is 6.89. The minimum absolute atomic E-state index is 0.0172. The maximum absolute atomic E-state index is 12.9. The van der Waals surface area contributed by atoms with E-state index in [1.54, 1.807) is 30.3 Å². The molecule has 0 spiro atoms. The maximum Gasteiger partial charge on any atom is 0.328 e. The largest absolute Gasteiger partial charge is 0.506 e. The molecule has 1 amide bonds. The van der Waals surface area contributed by atoms with Crippen LogP contribution < -0.4 is 10.6 Å². The monoisotopic (exact) mass is 724 g/mol. The first-order valence-corrected chi connectivity index (χ1v) is 12.9. The summed E-state index contributed by atoms with van der Waals surface area (Å²) in [5.74, 6) is -0.717. The molecule has 0 fully saturated rings. The van der Waals surface area contributed by atoms with E-state index < -0.39 is 12.0 Å². The Bertz CT molecular complexity index is 1180. The van der Waals surface area contributed by atoms with Gasteiger partial charge in [0, 0.05) is 12.1 Å². The van der Waals surface area contributed by atoms with E-state index in [2.05, 4.69) is 10.6 Å². The van der Waals surface area contributed by atoms with E-state index in [9.17, 15) is 14.7 Å². The average Bonchev–Trinajstić information content (AvgIpc) is 2.80. The molecule has 0 saturated heterocycles. The predicted molar refractivity (Wildman–Crippen MR) is 151 cm³/mol. The van der Waals surface area contributed by atoms with Crippen molar-refractivity contribution in [2.24, 2.45) is 0 Å². The number of esters is 1. The number of carbonyl (C=O) groups is 2. The highest BCUT2D eigenvalue weighted by Crippen LogP contribution is 2.33. The Morgan fingerprint density at radius 2 is 1.65 bits per heavy atom. The lowest BCUT2D eigenvalue weighted by Crippen LogP contribution is -2.43. The highest BCUT2D eigenvalue weighted by atomic mass is 127. The van der Waals surface area contributed by atoms with E-state index in [-0.39, 0.29) is 24.5 Å². The number of rotatable bonds is 8. The Morgan fingerprint density at radius 1 is 1.03 bits per heavy atom. The molecule has 0 radical (unpaired) electrons. The Labute approximate surface area is 234 Å². The van der Waals surface area contributed by atoms with E-state index in [4.69, 9.17) is 27.9 Å². The van der Waals surface area contributed by atoms with Crippen LogP contribution in [-0.2, 0) is 27.2 Å². The van der Waals surface area contributed by atoms with Gasteiger partial charge in [-0.15, -0.1) is 0 Å². The van der Waals surface area contributed by atoms with E-state index in [1.165, 1.54) is 7.11 Å². The second kappa shape index (κ2) is 12.3. The molecule has 0 heterocycles. The fourth-order valence-electron chi connectivity index (χ4n) is 3.27. The number of benzene rings is 3. The van der Waals surface area contributed by atoms with E-state index in [0.29, 0.717) is 34.1 Å². The Kier molecular flexibility index (Phi) is 9.69. The zero-order valence-electron chi connectivity index (χ0n) is 17.9. The standard InChI is InChI=1S/C24H20Cl2I2N2O4/c1-34-24(33)20(11-13-9-17(27)23(32)18(28)10-13)29-21(31)12-14-5-2-3-8-19(14)30-22-15(25)6-4-7-16(22)26/h2-10,20,30,32H,11-12H2,1H3,(H,29,31)/t20-/m0/s1. The van der Waals surface area contributed by atoms with E-state index in [0.717, 1.165) is 5.56 Å². The first-order valence-electron chi connectivity index (χ1n) is 10.0. The fraction of sp³-hybridized carbons (Fsp3) is 0.167. The van der Waals surface area contributed by atoms with Crippen LogP contribution in [0.15, 0.2) is 54.6 Å². The lowest BCUT2D eigenvalue weighted by atomic mass is 10.0. The number of phenolic OH excluding ortho intramolecular Hbond substituents is 1. The number of aromatic hydroxyl groups is 1. The van der Waals surface area contributed by atoms with E-state index >= 15 is 0 Å². The Morgan fingerprint density at radius 3 is 2.26 bits per heavy atom. The fourth-order valence-corrected chi connectivity index (χ4v) is 5.66. The van der Waals surface area contributed by atoms with Crippen molar-refractivity contribution in [2.45, 2.75) is 18.9 Å². The summed E-state index contributed by atoms with van der Waals surface area (Å²) in [4.78, 5) is 25.3. The number of hydrogen-bond donors (Lipinski definition) is 3. The summed E-state index contributed by atoms with van der Waals surface area (Å²) in [6.45, 7) is 0. The van der Waals surface area contributed by atoms with Crippen molar-refractivity contribution in [1.82, 2.24) is 5.32 Å². The minimum Gasteiger partial charge on any atom is -0.506 e. The van der Waals surface area contributed by atoms with Crippen LogP contribution >= 0.6 is 68.4 Å². The van der Waals surface area contributed by atoms with Crippen LogP contribution in [0.3, 0.4) is 0 Å². The SMILES string of the molecule is COC(=O)[C@H](Cc1cc(I)c(O)c(I)c1)NC(=O)Cc1ccccc1Nc1c(Cl)cccc1Cl. The van der Waals surface area contributed by atoms with Crippen LogP contribution in [0.4, 0.5) is 11.4 Å². The third-order valence-corrected chi connectivity index (χ3v) is 7.20. The molecule has 3 aromatic carbocycles. The molecule has 0 unspecified atom stereocenters. The summed E-state index contributed by atoms with van der Waals surface area (Å²) >= 11 is 16.6. The number of amides is 1. The number of carbonyl (C=O) groups excluding carboxylic acids is 2. The topological polar surface area (TPSA) is 87.7 Å². The number of phenols is 1. The van der Waals surface area contributed by atoms with Gasteiger partial charge in [-0.1, -0.05) is 47.5 Å². The number of para-hydroxylation sites is 2. The summed E-state index contributed by atoms with van der Waals surface area (Å²) in [6, 6.07) is 15.1. The number of halogens is 4. The highest BCUT2D eigenvalue weighted by molar-refractivity contribution is 14.1. The van der Waals surface area contributed by atoms with Crippen molar-refractivity contribution in [1.29, 1.82) is 0 Å². The maximum atomic E-state index is 12.9. The second-order valence-corrected chi connectivity index (χ2v) is 10.4. The van der Waals surface area contributed by atoms with Crippen LogP contribution in [0.25, 0.3) is 0 Å². The van der Waals surface area contributed by atoms with Crippen LogP contribution in [0, 0.1) is 7.14 Å². The van der Waals surface area contributed by atoms with Gasteiger partial charge in [-0.05, 0) is 86.6 Å². The second-order valence-electron chi connectivity index (χ2n) is 7.31. The smallest absolute Gasteiger partial charge is 0.328 e. The molecule has 0 saturated carbocycles. The number of methoxy groups -OCH3 is 1. The molecule has 3 N–H and O–H groups in total. The molecule has 6 nitrogen and oxygen atoms in total.